The summed E-state index contributed by atoms with van der Waals surface area (Å²) in [5, 5.41) is 9.95. The molecule has 4 rings (SSSR count). The summed E-state index contributed by atoms with van der Waals surface area (Å²) in [6, 6.07) is 11.8. The first-order valence-corrected chi connectivity index (χ1v) is 8.87. The topological polar surface area (TPSA) is 120 Å². The summed E-state index contributed by atoms with van der Waals surface area (Å²) < 4.78 is 15.7. The highest BCUT2D eigenvalue weighted by Crippen LogP contribution is 2.34. The van der Waals surface area contributed by atoms with Crippen LogP contribution in [0.1, 0.15) is 12.6 Å². The van der Waals surface area contributed by atoms with Crippen LogP contribution in [-0.4, -0.2) is 35.0 Å². The predicted octanol–water partition coefficient (Wildman–Crippen LogP) is 1.76. The van der Waals surface area contributed by atoms with Gasteiger partial charge >= 0.3 is 5.97 Å². The van der Waals surface area contributed by atoms with Crippen molar-refractivity contribution in [2.24, 2.45) is 0 Å². The van der Waals surface area contributed by atoms with Crippen LogP contribution < -0.4 is 20.3 Å². The number of esters is 1. The summed E-state index contributed by atoms with van der Waals surface area (Å²) in [7, 11) is 0. The average molecular weight is 395 g/mol. The Bertz CT molecular complexity index is 1160. The molecule has 148 valence electrons. The predicted molar refractivity (Wildman–Crippen MR) is 103 cm³/mol. The summed E-state index contributed by atoms with van der Waals surface area (Å²) in [5.41, 5.74) is 0.526. The van der Waals surface area contributed by atoms with E-state index in [0.717, 1.165) is 0 Å². The summed E-state index contributed by atoms with van der Waals surface area (Å²) in [6.45, 7) is 1.60. The smallest absolute Gasteiger partial charge is 0.312 e. The molecule has 3 aromatic rings. The minimum absolute atomic E-state index is 0.133. The molecule has 9 heteroatoms. The normalized spacial score (nSPS) is 13.1. The molecule has 0 radical (unpaired) electrons. The third kappa shape index (κ3) is 3.88. The number of nitrogens with one attached hydrogen (secondary N) is 2. The monoisotopic (exact) mass is 395 g/mol. The fraction of sp³-hybridized carbons (Fsp3) is 0.200. The van der Waals surface area contributed by atoms with E-state index in [2.05, 4.69) is 15.5 Å². The fourth-order valence-electron chi connectivity index (χ4n) is 2.95. The molecule has 1 amide bonds. The Morgan fingerprint density at radius 2 is 1.93 bits per heavy atom. The number of carbonyl (C=O) groups is 2. The summed E-state index contributed by atoms with van der Waals surface area (Å²) in [6.07, 6.45) is -1.21. The molecule has 2 aromatic carbocycles. The largest absolute Gasteiger partial charge is 0.454 e. The number of hydrogen-bond acceptors (Lipinski definition) is 7. The van der Waals surface area contributed by atoms with Crippen molar-refractivity contribution in [2.45, 2.75) is 19.4 Å². The quantitative estimate of drug-likeness (QED) is 0.632. The molecule has 9 nitrogen and oxygen atoms in total. The van der Waals surface area contributed by atoms with Gasteiger partial charge in [0.15, 0.2) is 17.6 Å². The number of aromatic amines is 1. The van der Waals surface area contributed by atoms with Crippen molar-refractivity contribution in [3.63, 3.8) is 0 Å². The number of aromatic nitrogens is 2. The van der Waals surface area contributed by atoms with E-state index in [4.69, 9.17) is 14.2 Å². The zero-order valence-corrected chi connectivity index (χ0v) is 15.4. The number of anilines is 1. The number of hydrogen-bond donors (Lipinski definition) is 2. The van der Waals surface area contributed by atoms with E-state index in [1.807, 2.05) is 0 Å². The molecule has 0 saturated heterocycles. The third-order valence-electron chi connectivity index (χ3n) is 4.40. The zero-order valence-electron chi connectivity index (χ0n) is 15.4. The van der Waals surface area contributed by atoms with Gasteiger partial charge in [0.1, 0.15) is 0 Å². The number of H-pyrrole nitrogens is 1. The molecule has 29 heavy (non-hydrogen) atoms. The number of rotatable bonds is 5. The molecule has 1 atom stereocenters. The highest BCUT2D eigenvalue weighted by molar-refractivity contribution is 5.95. The van der Waals surface area contributed by atoms with Crippen LogP contribution in [0, 0.1) is 0 Å². The summed E-state index contributed by atoms with van der Waals surface area (Å²) in [5.74, 6) is 0.00566. The van der Waals surface area contributed by atoms with E-state index in [1.165, 1.54) is 6.92 Å². The van der Waals surface area contributed by atoms with E-state index in [0.29, 0.717) is 33.7 Å². The third-order valence-corrected chi connectivity index (χ3v) is 4.40. The van der Waals surface area contributed by atoms with Crippen molar-refractivity contribution >= 4 is 28.3 Å². The molecule has 1 aromatic heterocycles. The maximum Gasteiger partial charge on any atom is 0.312 e. The van der Waals surface area contributed by atoms with Crippen molar-refractivity contribution in [1.82, 2.24) is 10.2 Å². The van der Waals surface area contributed by atoms with Gasteiger partial charge in [-0.1, -0.05) is 18.2 Å². The first kappa shape index (κ1) is 18.5. The van der Waals surface area contributed by atoms with Crippen LogP contribution >= 0.6 is 0 Å². The Labute approximate surface area is 164 Å². The summed E-state index contributed by atoms with van der Waals surface area (Å²) in [4.78, 5) is 36.4. The van der Waals surface area contributed by atoms with Crippen LogP contribution in [0.2, 0.25) is 0 Å². The molecule has 0 spiro atoms. The van der Waals surface area contributed by atoms with Gasteiger partial charge in [0.05, 0.1) is 17.5 Å². The number of benzene rings is 2. The Hall–Kier alpha value is -3.88. The van der Waals surface area contributed by atoms with Crippen molar-refractivity contribution in [3.05, 3.63) is 58.5 Å². The number of carbonyl (C=O) groups excluding carboxylic acids is 2. The van der Waals surface area contributed by atoms with E-state index in [1.54, 1.807) is 42.5 Å². The molecule has 2 heterocycles. The van der Waals surface area contributed by atoms with Gasteiger partial charge in [0, 0.05) is 17.1 Å². The van der Waals surface area contributed by atoms with Crippen LogP contribution in [0.3, 0.4) is 0 Å². The van der Waals surface area contributed by atoms with Crippen LogP contribution in [0.15, 0.2) is 47.3 Å². The molecular weight excluding hydrogens is 378 g/mol. The van der Waals surface area contributed by atoms with Gasteiger partial charge in [-0.3, -0.25) is 14.4 Å². The van der Waals surface area contributed by atoms with Gasteiger partial charge in [0.2, 0.25) is 6.79 Å². The maximum absolute atomic E-state index is 12.3. The average Bonchev–Trinajstić information content (AvgIpc) is 3.18. The number of amides is 1. The van der Waals surface area contributed by atoms with E-state index in [-0.39, 0.29) is 18.8 Å². The number of nitrogens with zero attached hydrogens (tertiary/aromatic N) is 1. The van der Waals surface area contributed by atoms with Gasteiger partial charge in [-0.15, -0.1) is 0 Å². The Morgan fingerprint density at radius 1 is 1.17 bits per heavy atom. The van der Waals surface area contributed by atoms with E-state index < -0.39 is 18.0 Å². The van der Waals surface area contributed by atoms with Gasteiger partial charge < -0.3 is 19.5 Å². The lowest BCUT2D eigenvalue weighted by molar-refractivity contribution is -0.152. The van der Waals surface area contributed by atoms with Crippen molar-refractivity contribution < 1.29 is 23.8 Å². The van der Waals surface area contributed by atoms with Crippen LogP contribution in [0.4, 0.5) is 5.69 Å². The highest BCUT2D eigenvalue weighted by Gasteiger charge is 2.21. The standard InChI is InChI=1S/C20H17N3O6/c1-11(19(25)21-12-6-7-16-17(8-12)28-10-27-16)29-18(24)9-15-13-4-2-3-5-14(13)20(26)23-22-15/h2-8,11H,9-10H2,1H3,(H,21,25)(H,23,26). The lowest BCUT2D eigenvalue weighted by Crippen LogP contribution is -2.30. The van der Waals surface area contributed by atoms with Crippen LogP contribution in [0.5, 0.6) is 11.5 Å². The second kappa shape index (κ2) is 7.63. The first-order chi connectivity index (χ1) is 14.0. The lowest BCUT2D eigenvalue weighted by atomic mass is 10.1. The van der Waals surface area contributed by atoms with Crippen molar-refractivity contribution in [3.8, 4) is 11.5 Å². The Kier molecular flexibility index (Phi) is 4.86. The van der Waals surface area contributed by atoms with Gasteiger partial charge in [-0.05, 0) is 25.1 Å². The molecule has 0 aliphatic carbocycles. The van der Waals surface area contributed by atoms with Crippen LogP contribution in [0.25, 0.3) is 10.8 Å². The van der Waals surface area contributed by atoms with Gasteiger partial charge in [-0.25, -0.2) is 5.10 Å². The lowest BCUT2D eigenvalue weighted by Gasteiger charge is -2.14. The number of fused-ring (bicyclic) bond motifs is 2. The van der Waals surface area contributed by atoms with Gasteiger partial charge in [-0.2, -0.15) is 5.10 Å². The molecule has 0 fully saturated rings. The zero-order chi connectivity index (χ0) is 20.4. The summed E-state index contributed by atoms with van der Waals surface area (Å²) >= 11 is 0. The number of ether oxygens (including phenoxy) is 3. The molecular formula is C20H17N3O6. The van der Waals surface area contributed by atoms with E-state index in [9.17, 15) is 14.4 Å². The van der Waals surface area contributed by atoms with Crippen molar-refractivity contribution in [1.29, 1.82) is 0 Å². The molecule has 0 bridgehead atoms. The SMILES string of the molecule is CC(OC(=O)Cc1n[nH]c(=O)c2ccccc12)C(=O)Nc1ccc2c(c1)OCO2. The minimum Gasteiger partial charge on any atom is -0.454 e. The van der Waals surface area contributed by atoms with Crippen molar-refractivity contribution in [2.75, 3.05) is 12.1 Å². The fourth-order valence-corrected chi connectivity index (χ4v) is 2.95. The highest BCUT2D eigenvalue weighted by atomic mass is 16.7. The molecule has 2 N–H and O–H groups in total. The van der Waals surface area contributed by atoms with Crippen LogP contribution in [-0.2, 0) is 20.7 Å². The Morgan fingerprint density at radius 3 is 2.76 bits per heavy atom. The maximum atomic E-state index is 12.3. The molecule has 1 unspecified atom stereocenters. The second-order valence-corrected chi connectivity index (χ2v) is 6.41. The Balaban J connectivity index is 1.40. The molecule has 1 aliphatic rings. The second-order valence-electron chi connectivity index (χ2n) is 6.41. The minimum atomic E-state index is -1.03. The molecule has 1 aliphatic heterocycles. The molecule has 0 saturated carbocycles. The van der Waals surface area contributed by atoms with Gasteiger partial charge in [0.25, 0.3) is 11.5 Å². The first-order valence-electron chi connectivity index (χ1n) is 8.87. The van der Waals surface area contributed by atoms with E-state index >= 15 is 0 Å².